The predicted octanol–water partition coefficient (Wildman–Crippen LogP) is 2.55. The third-order valence-corrected chi connectivity index (χ3v) is 5.19. The Morgan fingerprint density at radius 3 is 3.04 bits per heavy atom. The lowest BCUT2D eigenvalue weighted by Gasteiger charge is -2.21. The second kappa shape index (κ2) is 5.86. The van der Waals surface area contributed by atoms with Crippen LogP contribution in [0.15, 0.2) is 23.6 Å². The molecule has 0 bridgehead atoms. The number of aromatic nitrogens is 5. The SMILES string of the molecule is Cc1nc([C@@H]2CCCN2C(=O)c2cc(-c3cccs3)n(C)n2)n[nH]1. The van der Waals surface area contributed by atoms with E-state index in [9.17, 15) is 4.79 Å². The van der Waals surface area contributed by atoms with Crippen LogP contribution in [0.2, 0.25) is 0 Å². The van der Waals surface area contributed by atoms with E-state index in [1.165, 1.54) is 0 Å². The number of thiophene rings is 1. The van der Waals surface area contributed by atoms with Gasteiger partial charge in [0, 0.05) is 13.6 Å². The van der Waals surface area contributed by atoms with Crippen molar-refractivity contribution in [3.63, 3.8) is 0 Å². The molecule has 1 fully saturated rings. The topological polar surface area (TPSA) is 79.7 Å². The Bertz CT molecular complexity index is 865. The molecule has 4 rings (SSSR count). The van der Waals surface area contributed by atoms with Gasteiger partial charge < -0.3 is 4.90 Å². The van der Waals surface area contributed by atoms with Crippen LogP contribution in [0.25, 0.3) is 10.6 Å². The van der Waals surface area contributed by atoms with Crippen molar-refractivity contribution in [1.82, 2.24) is 29.9 Å². The number of amides is 1. The molecule has 0 aliphatic carbocycles. The van der Waals surface area contributed by atoms with Crippen molar-refractivity contribution in [3.8, 4) is 10.6 Å². The van der Waals surface area contributed by atoms with Gasteiger partial charge in [0.25, 0.3) is 5.91 Å². The summed E-state index contributed by atoms with van der Waals surface area (Å²) in [5.74, 6) is 1.40. The maximum atomic E-state index is 13.0. The average molecular weight is 342 g/mol. The summed E-state index contributed by atoms with van der Waals surface area (Å²) in [6.07, 6.45) is 1.84. The summed E-state index contributed by atoms with van der Waals surface area (Å²) < 4.78 is 1.76. The zero-order chi connectivity index (χ0) is 16.7. The van der Waals surface area contributed by atoms with Crippen molar-refractivity contribution >= 4 is 17.2 Å². The number of hydrogen-bond acceptors (Lipinski definition) is 5. The molecule has 1 atom stereocenters. The number of nitrogens with one attached hydrogen (secondary N) is 1. The first-order valence-corrected chi connectivity index (χ1v) is 8.79. The van der Waals surface area contributed by atoms with E-state index in [1.807, 2.05) is 42.5 Å². The Balaban J connectivity index is 1.62. The molecule has 0 spiro atoms. The van der Waals surface area contributed by atoms with Crippen molar-refractivity contribution in [3.05, 3.63) is 40.9 Å². The fourth-order valence-electron chi connectivity index (χ4n) is 3.16. The number of aromatic amines is 1. The molecule has 3 aromatic rings. The van der Waals surface area contributed by atoms with Crippen molar-refractivity contribution < 1.29 is 4.79 Å². The van der Waals surface area contributed by atoms with Crippen molar-refractivity contribution in [2.45, 2.75) is 25.8 Å². The zero-order valence-electron chi connectivity index (χ0n) is 13.6. The van der Waals surface area contributed by atoms with E-state index in [0.717, 1.165) is 29.2 Å². The normalized spacial score (nSPS) is 17.6. The molecule has 3 aromatic heterocycles. The minimum Gasteiger partial charge on any atom is -0.327 e. The second-order valence-electron chi connectivity index (χ2n) is 5.95. The summed E-state index contributed by atoms with van der Waals surface area (Å²) in [5, 5.41) is 13.5. The molecule has 124 valence electrons. The van der Waals surface area contributed by atoms with Gasteiger partial charge in [-0.2, -0.15) is 10.2 Å². The van der Waals surface area contributed by atoms with E-state index in [4.69, 9.17) is 0 Å². The summed E-state index contributed by atoms with van der Waals surface area (Å²) in [5.41, 5.74) is 1.43. The second-order valence-corrected chi connectivity index (χ2v) is 6.90. The van der Waals surface area contributed by atoms with Crippen LogP contribution in [-0.4, -0.2) is 42.3 Å². The highest BCUT2D eigenvalue weighted by Gasteiger charge is 2.34. The van der Waals surface area contributed by atoms with Gasteiger partial charge in [0.1, 0.15) is 5.82 Å². The van der Waals surface area contributed by atoms with Gasteiger partial charge in [-0.15, -0.1) is 11.3 Å². The van der Waals surface area contributed by atoms with Crippen molar-refractivity contribution in [2.75, 3.05) is 6.54 Å². The number of aryl methyl sites for hydroxylation is 2. The molecule has 4 heterocycles. The average Bonchev–Trinajstić information content (AvgIpc) is 3.33. The summed E-state index contributed by atoms with van der Waals surface area (Å²) in [7, 11) is 1.87. The molecule has 0 unspecified atom stereocenters. The van der Waals surface area contributed by atoms with Crippen LogP contribution in [0.1, 0.15) is 41.0 Å². The van der Waals surface area contributed by atoms with E-state index >= 15 is 0 Å². The lowest BCUT2D eigenvalue weighted by molar-refractivity contribution is 0.0723. The molecule has 1 amide bonds. The Labute approximate surface area is 143 Å². The first kappa shape index (κ1) is 15.1. The quantitative estimate of drug-likeness (QED) is 0.793. The molecule has 1 saturated heterocycles. The first-order chi connectivity index (χ1) is 11.6. The molecular formula is C16H18N6OS. The molecular weight excluding hydrogens is 324 g/mol. The molecule has 1 aliphatic heterocycles. The van der Waals surface area contributed by atoms with Crippen LogP contribution in [0.3, 0.4) is 0 Å². The monoisotopic (exact) mass is 342 g/mol. The summed E-state index contributed by atoms with van der Waals surface area (Å²) >= 11 is 1.64. The van der Waals surface area contributed by atoms with Crippen LogP contribution in [-0.2, 0) is 7.05 Å². The Morgan fingerprint density at radius 2 is 2.33 bits per heavy atom. The van der Waals surface area contributed by atoms with Crippen LogP contribution in [0.5, 0.6) is 0 Å². The first-order valence-electron chi connectivity index (χ1n) is 7.91. The lowest BCUT2D eigenvalue weighted by atomic mass is 10.2. The van der Waals surface area contributed by atoms with Gasteiger partial charge >= 0.3 is 0 Å². The molecule has 0 radical (unpaired) electrons. The highest BCUT2D eigenvalue weighted by molar-refractivity contribution is 7.13. The highest BCUT2D eigenvalue weighted by atomic mass is 32.1. The Hall–Kier alpha value is -2.48. The molecule has 0 saturated carbocycles. The fourth-order valence-corrected chi connectivity index (χ4v) is 3.93. The number of rotatable bonds is 3. The summed E-state index contributed by atoms with van der Waals surface area (Å²) in [6.45, 7) is 2.58. The van der Waals surface area contributed by atoms with Crippen molar-refractivity contribution in [1.29, 1.82) is 0 Å². The Morgan fingerprint density at radius 1 is 1.46 bits per heavy atom. The van der Waals surface area contributed by atoms with Gasteiger partial charge in [0.05, 0.1) is 16.6 Å². The molecule has 0 aromatic carbocycles. The van der Waals surface area contributed by atoms with Crippen LogP contribution < -0.4 is 0 Å². The predicted molar refractivity (Wildman–Crippen MR) is 90.7 cm³/mol. The molecule has 1 aliphatic rings. The minimum absolute atomic E-state index is 0.0571. The number of H-pyrrole nitrogens is 1. The smallest absolute Gasteiger partial charge is 0.274 e. The van der Waals surface area contributed by atoms with Gasteiger partial charge in [0.15, 0.2) is 11.5 Å². The number of carbonyl (C=O) groups is 1. The zero-order valence-corrected chi connectivity index (χ0v) is 14.4. The summed E-state index contributed by atoms with van der Waals surface area (Å²) in [4.78, 5) is 20.3. The highest BCUT2D eigenvalue weighted by Crippen LogP contribution is 2.32. The third kappa shape index (κ3) is 2.52. The van der Waals surface area contributed by atoms with E-state index in [2.05, 4.69) is 20.3 Å². The molecule has 24 heavy (non-hydrogen) atoms. The molecule has 8 heteroatoms. The minimum atomic E-state index is -0.0744. The lowest BCUT2D eigenvalue weighted by Crippen LogP contribution is -2.31. The van der Waals surface area contributed by atoms with E-state index < -0.39 is 0 Å². The van der Waals surface area contributed by atoms with E-state index in [0.29, 0.717) is 18.1 Å². The standard InChI is InChI=1S/C16H18N6OS/c1-10-17-15(19-18-10)12-5-3-7-22(12)16(23)11-9-13(21(2)20-11)14-6-4-8-24-14/h4,6,8-9,12H,3,5,7H2,1-2H3,(H,17,18,19)/t12-/m0/s1. The third-order valence-electron chi connectivity index (χ3n) is 4.30. The van der Waals surface area contributed by atoms with Gasteiger partial charge in [-0.3, -0.25) is 14.6 Å². The number of carbonyl (C=O) groups excluding carboxylic acids is 1. The van der Waals surface area contributed by atoms with Gasteiger partial charge in [0.2, 0.25) is 0 Å². The van der Waals surface area contributed by atoms with Crippen molar-refractivity contribution in [2.24, 2.45) is 7.05 Å². The molecule has 1 N–H and O–H groups in total. The van der Waals surface area contributed by atoms with Crippen LogP contribution in [0.4, 0.5) is 0 Å². The molecule has 7 nitrogen and oxygen atoms in total. The van der Waals surface area contributed by atoms with Gasteiger partial charge in [-0.1, -0.05) is 6.07 Å². The van der Waals surface area contributed by atoms with Crippen LogP contribution in [0, 0.1) is 6.92 Å². The van der Waals surface area contributed by atoms with Gasteiger partial charge in [-0.05, 0) is 37.3 Å². The number of nitrogens with zero attached hydrogens (tertiary/aromatic N) is 5. The summed E-state index contributed by atoms with van der Waals surface area (Å²) in [6, 6.07) is 5.82. The fraction of sp³-hybridized carbons (Fsp3) is 0.375. The van der Waals surface area contributed by atoms with E-state index in [1.54, 1.807) is 16.0 Å². The number of hydrogen-bond donors (Lipinski definition) is 1. The number of likely N-dealkylation sites (tertiary alicyclic amines) is 1. The largest absolute Gasteiger partial charge is 0.327 e. The maximum absolute atomic E-state index is 13.0. The maximum Gasteiger partial charge on any atom is 0.274 e. The Kier molecular flexibility index (Phi) is 3.68. The van der Waals surface area contributed by atoms with E-state index in [-0.39, 0.29) is 11.9 Å². The van der Waals surface area contributed by atoms with Gasteiger partial charge in [-0.25, -0.2) is 4.98 Å². The van der Waals surface area contributed by atoms with Crippen LogP contribution >= 0.6 is 11.3 Å².